The molecule has 0 N–H and O–H groups in total. The monoisotopic (exact) mass is 324 g/mol. The van der Waals surface area contributed by atoms with Crippen molar-refractivity contribution in [2.24, 2.45) is 10.3 Å². The Morgan fingerprint density at radius 2 is 1.67 bits per heavy atom. The summed E-state index contributed by atoms with van der Waals surface area (Å²) in [5, 5.41) is 9.42. The highest BCUT2D eigenvalue weighted by atomic mass is 19.1. The molecule has 4 rings (SSSR count). The van der Waals surface area contributed by atoms with Crippen LogP contribution in [0, 0.1) is 5.82 Å². The van der Waals surface area contributed by atoms with Gasteiger partial charge in [-0.05, 0) is 29.8 Å². The number of carbonyl (C=O) groups excluding carboxylic acids is 2. The first kappa shape index (κ1) is 14.5. The van der Waals surface area contributed by atoms with Crippen LogP contribution in [0.3, 0.4) is 0 Å². The SMILES string of the molecule is O=C1[C@@H]2[C@@H](N=NN2Cc2ccc(F)cc2)C(=O)N1c1ccccc1. The summed E-state index contributed by atoms with van der Waals surface area (Å²) in [4.78, 5) is 26.4. The van der Waals surface area contributed by atoms with E-state index in [0.29, 0.717) is 5.69 Å². The predicted molar refractivity (Wildman–Crippen MR) is 83.3 cm³/mol. The van der Waals surface area contributed by atoms with Gasteiger partial charge in [0, 0.05) is 0 Å². The number of hydrogen-bond acceptors (Lipinski definition) is 5. The number of benzene rings is 2. The molecule has 2 atom stereocenters. The molecule has 0 aromatic heterocycles. The fourth-order valence-corrected chi connectivity index (χ4v) is 2.96. The first-order chi connectivity index (χ1) is 11.6. The molecule has 24 heavy (non-hydrogen) atoms. The van der Waals surface area contributed by atoms with Gasteiger partial charge in [0.15, 0.2) is 12.1 Å². The molecule has 0 aliphatic carbocycles. The van der Waals surface area contributed by atoms with E-state index in [1.807, 2.05) is 6.07 Å². The highest BCUT2D eigenvalue weighted by molar-refractivity contribution is 6.25. The lowest BCUT2D eigenvalue weighted by Crippen LogP contribution is -2.39. The van der Waals surface area contributed by atoms with Crippen LogP contribution in [-0.4, -0.2) is 28.9 Å². The topological polar surface area (TPSA) is 65.3 Å². The van der Waals surface area contributed by atoms with E-state index >= 15 is 0 Å². The van der Waals surface area contributed by atoms with E-state index in [2.05, 4.69) is 10.3 Å². The Kier molecular flexibility index (Phi) is 3.34. The summed E-state index contributed by atoms with van der Waals surface area (Å²) >= 11 is 0. The number of amides is 2. The molecule has 2 aromatic carbocycles. The van der Waals surface area contributed by atoms with Gasteiger partial charge in [-0.2, -0.15) is 5.11 Å². The Labute approximate surface area is 137 Å². The van der Waals surface area contributed by atoms with Gasteiger partial charge in [0.2, 0.25) is 0 Å². The summed E-state index contributed by atoms with van der Waals surface area (Å²) in [5.74, 6) is -1.05. The number of anilines is 1. The molecule has 2 heterocycles. The minimum absolute atomic E-state index is 0.284. The maximum absolute atomic E-state index is 13.0. The Balaban J connectivity index is 1.59. The lowest BCUT2D eigenvalue weighted by molar-refractivity contribution is -0.123. The number of fused-ring (bicyclic) bond motifs is 1. The van der Waals surface area contributed by atoms with Gasteiger partial charge < -0.3 is 0 Å². The van der Waals surface area contributed by atoms with E-state index in [0.717, 1.165) is 10.5 Å². The molecule has 2 aliphatic rings. The maximum Gasteiger partial charge on any atom is 0.263 e. The van der Waals surface area contributed by atoms with E-state index in [1.54, 1.807) is 36.4 Å². The van der Waals surface area contributed by atoms with E-state index in [1.165, 1.54) is 17.1 Å². The van der Waals surface area contributed by atoms with Crippen LogP contribution in [0.15, 0.2) is 64.9 Å². The van der Waals surface area contributed by atoms with Crippen LogP contribution in [0.5, 0.6) is 0 Å². The number of nitrogens with zero attached hydrogens (tertiary/aromatic N) is 4. The number of hydrogen-bond donors (Lipinski definition) is 0. The first-order valence-corrected chi connectivity index (χ1v) is 7.50. The van der Waals surface area contributed by atoms with Crippen LogP contribution in [-0.2, 0) is 16.1 Å². The van der Waals surface area contributed by atoms with E-state index in [-0.39, 0.29) is 24.2 Å². The Bertz CT molecular complexity index is 822. The third-order valence-electron chi connectivity index (χ3n) is 4.13. The normalized spacial score (nSPS) is 22.4. The van der Waals surface area contributed by atoms with Crippen molar-refractivity contribution in [1.82, 2.24) is 5.01 Å². The summed E-state index contributed by atoms with van der Waals surface area (Å²) < 4.78 is 13.0. The number of carbonyl (C=O) groups is 2. The Hall–Kier alpha value is -3.09. The Morgan fingerprint density at radius 3 is 2.38 bits per heavy atom. The fraction of sp³-hybridized carbons (Fsp3) is 0.176. The van der Waals surface area contributed by atoms with Gasteiger partial charge in [-0.25, -0.2) is 9.29 Å². The Morgan fingerprint density at radius 1 is 0.958 bits per heavy atom. The van der Waals surface area contributed by atoms with Crippen LogP contribution in [0.25, 0.3) is 0 Å². The number of para-hydroxylation sites is 1. The van der Waals surface area contributed by atoms with Crippen molar-refractivity contribution < 1.29 is 14.0 Å². The molecular formula is C17H13FN4O2. The van der Waals surface area contributed by atoms with Gasteiger partial charge >= 0.3 is 0 Å². The third-order valence-corrected chi connectivity index (χ3v) is 4.13. The zero-order chi connectivity index (χ0) is 16.7. The number of imide groups is 1. The molecule has 0 unspecified atom stereocenters. The van der Waals surface area contributed by atoms with Gasteiger partial charge in [-0.1, -0.05) is 35.6 Å². The van der Waals surface area contributed by atoms with Crippen molar-refractivity contribution in [3.05, 3.63) is 66.0 Å². The molecular weight excluding hydrogens is 311 g/mol. The average Bonchev–Trinajstić information content (AvgIpc) is 3.11. The van der Waals surface area contributed by atoms with Crippen molar-refractivity contribution in [3.63, 3.8) is 0 Å². The fourth-order valence-electron chi connectivity index (χ4n) is 2.96. The van der Waals surface area contributed by atoms with Crippen molar-refractivity contribution in [2.75, 3.05) is 4.90 Å². The lowest BCUT2D eigenvalue weighted by Gasteiger charge is -2.20. The van der Waals surface area contributed by atoms with Crippen molar-refractivity contribution in [3.8, 4) is 0 Å². The molecule has 0 spiro atoms. The highest BCUT2D eigenvalue weighted by Gasteiger charge is 2.54. The van der Waals surface area contributed by atoms with Crippen molar-refractivity contribution in [2.45, 2.75) is 18.6 Å². The molecule has 1 fully saturated rings. The van der Waals surface area contributed by atoms with Crippen LogP contribution in [0.4, 0.5) is 10.1 Å². The molecule has 2 aromatic rings. The molecule has 7 heteroatoms. The zero-order valence-electron chi connectivity index (χ0n) is 12.5. The van der Waals surface area contributed by atoms with Gasteiger partial charge in [0.1, 0.15) is 5.82 Å². The predicted octanol–water partition coefficient (Wildman–Crippen LogP) is 2.32. The van der Waals surface area contributed by atoms with Crippen LogP contribution >= 0.6 is 0 Å². The summed E-state index contributed by atoms with van der Waals surface area (Å²) in [6.45, 7) is 0.284. The molecule has 6 nitrogen and oxygen atoms in total. The summed E-state index contributed by atoms with van der Waals surface area (Å²) in [5.41, 5.74) is 1.31. The van der Waals surface area contributed by atoms with E-state index < -0.39 is 12.1 Å². The van der Waals surface area contributed by atoms with E-state index in [4.69, 9.17) is 0 Å². The smallest absolute Gasteiger partial charge is 0.263 e. The second kappa shape index (κ2) is 5.52. The molecule has 1 saturated heterocycles. The quantitative estimate of drug-likeness (QED) is 0.814. The van der Waals surface area contributed by atoms with Crippen molar-refractivity contribution in [1.29, 1.82) is 0 Å². The molecule has 0 bridgehead atoms. The standard InChI is InChI=1S/C17H13FN4O2/c18-12-8-6-11(7-9-12)10-21-15-14(19-20-21)16(23)22(17(15)24)13-4-2-1-3-5-13/h1-9,14-15H,10H2/t14-,15+/m1/s1. The van der Waals surface area contributed by atoms with Crippen molar-refractivity contribution >= 4 is 17.5 Å². The summed E-state index contributed by atoms with van der Waals surface area (Å²) in [7, 11) is 0. The van der Waals surface area contributed by atoms with E-state index in [9.17, 15) is 14.0 Å². The number of rotatable bonds is 3. The molecule has 0 radical (unpaired) electrons. The summed E-state index contributed by atoms with van der Waals surface area (Å²) in [6, 6.07) is 13.1. The zero-order valence-corrected chi connectivity index (χ0v) is 12.5. The minimum atomic E-state index is -0.821. The number of halogens is 1. The van der Waals surface area contributed by atoms with Crippen LogP contribution < -0.4 is 4.90 Å². The van der Waals surface area contributed by atoms with Gasteiger partial charge in [-0.3, -0.25) is 14.6 Å². The molecule has 120 valence electrons. The average molecular weight is 324 g/mol. The van der Waals surface area contributed by atoms with Gasteiger partial charge in [0.25, 0.3) is 11.8 Å². The molecule has 2 amide bonds. The third kappa shape index (κ3) is 2.25. The second-order valence-electron chi connectivity index (χ2n) is 5.67. The lowest BCUT2D eigenvalue weighted by atomic mass is 10.1. The minimum Gasteiger partial charge on any atom is -0.271 e. The summed E-state index contributed by atoms with van der Waals surface area (Å²) in [6.07, 6.45) is 0. The molecule has 2 aliphatic heterocycles. The van der Waals surface area contributed by atoms with Gasteiger partial charge in [0.05, 0.1) is 12.2 Å². The molecule has 0 saturated carbocycles. The first-order valence-electron chi connectivity index (χ1n) is 7.50. The second-order valence-corrected chi connectivity index (χ2v) is 5.67. The van der Waals surface area contributed by atoms with Crippen LogP contribution in [0.2, 0.25) is 0 Å². The van der Waals surface area contributed by atoms with Gasteiger partial charge in [-0.15, -0.1) is 0 Å². The maximum atomic E-state index is 13.0. The largest absolute Gasteiger partial charge is 0.271 e. The highest BCUT2D eigenvalue weighted by Crippen LogP contribution is 2.32. The van der Waals surface area contributed by atoms with Crippen LogP contribution in [0.1, 0.15) is 5.56 Å².